The van der Waals surface area contributed by atoms with E-state index in [0.717, 1.165) is 5.56 Å². The zero-order valence-electron chi connectivity index (χ0n) is 9.26. The minimum Gasteiger partial charge on any atom is -0.300 e. The number of carbonyl (C=O) groups excluding carboxylic acids is 1. The molecule has 1 atom stereocenters. The van der Waals surface area contributed by atoms with E-state index in [1.165, 1.54) is 6.92 Å². The van der Waals surface area contributed by atoms with Crippen LogP contribution in [0.5, 0.6) is 0 Å². The van der Waals surface area contributed by atoms with Gasteiger partial charge in [0.15, 0.2) is 0 Å². The van der Waals surface area contributed by atoms with Crippen molar-refractivity contribution < 1.29 is 9.72 Å². The van der Waals surface area contributed by atoms with E-state index >= 15 is 0 Å². The highest BCUT2D eigenvalue weighted by Gasteiger charge is 2.20. The molecule has 0 radical (unpaired) electrons. The maximum atomic E-state index is 10.8. The number of Topliss-reactive ketones (excluding diaryl/α,β-unsaturated/α-hetero) is 1. The van der Waals surface area contributed by atoms with E-state index in [0.29, 0.717) is 12.8 Å². The normalized spacial score (nSPS) is 12.1. The van der Waals surface area contributed by atoms with Crippen molar-refractivity contribution in [1.29, 1.82) is 0 Å². The minimum atomic E-state index is -0.661. The van der Waals surface area contributed by atoms with E-state index in [1.807, 2.05) is 30.3 Å². The van der Waals surface area contributed by atoms with Gasteiger partial charge in [0.2, 0.25) is 6.04 Å². The Morgan fingerprint density at radius 3 is 2.50 bits per heavy atom. The predicted octanol–water partition coefficient (Wildman–Crippen LogP) is 2.24. The van der Waals surface area contributed by atoms with Crippen molar-refractivity contribution in [3.8, 4) is 0 Å². The van der Waals surface area contributed by atoms with Crippen LogP contribution in [0.25, 0.3) is 0 Å². The predicted molar refractivity (Wildman–Crippen MR) is 60.8 cm³/mol. The monoisotopic (exact) mass is 221 g/mol. The van der Waals surface area contributed by atoms with Gasteiger partial charge in [0, 0.05) is 24.2 Å². The molecule has 86 valence electrons. The van der Waals surface area contributed by atoms with E-state index in [9.17, 15) is 14.9 Å². The summed E-state index contributed by atoms with van der Waals surface area (Å²) in [6.45, 7) is 1.46. The quantitative estimate of drug-likeness (QED) is 0.546. The van der Waals surface area contributed by atoms with Crippen LogP contribution in [0, 0.1) is 10.1 Å². The fourth-order valence-electron chi connectivity index (χ4n) is 1.54. The van der Waals surface area contributed by atoms with E-state index in [4.69, 9.17) is 0 Å². The average molecular weight is 221 g/mol. The highest BCUT2D eigenvalue weighted by atomic mass is 16.6. The van der Waals surface area contributed by atoms with Crippen molar-refractivity contribution in [1.82, 2.24) is 0 Å². The maximum Gasteiger partial charge on any atom is 0.217 e. The molecule has 0 fully saturated rings. The van der Waals surface area contributed by atoms with Gasteiger partial charge in [-0.3, -0.25) is 10.1 Å². The van der Waals surface area contributed by atoms with Gasteiger partial charge in [0.1, 0.15) is 5.78 Å². The van der Waals surface area contributed by atoms with Gasteiger partial charge >= 0.3 is 0 Å². The first-order chi connectivity index (χ1) is 7.59. The Balaban J connectivity index is 2.58. The summed E-state index contributed by atoms with van der Waals surface area (Å²) in [4.78, 5) is 21.3. The van der Waals surface area contributed by atoms with Crippen molar-refractivity contribution in [3.05, 3.63) is 46.0 Å². The summed E-state index contributed by atoms with van der Waals surface area (Å²) < 4.78 is 0. The Labute approximate surface area is 94.4 Å². The van der Waals surface area contributed by atoms with Crippen LogP contribution in [0.3, 0.4) is 0 Å². The lowest BCUT2D eigenvalue weighted by Crippen LogP contribution is -2.23. The molecule has 0 N–H and O–H groups in total. The number of benzene rings is 1. The Morgan fingerprint density at radius 1 is 1.38 bits per heavy atom. The molecule has 4 heteroatoms. The van der Waals surface area contributed by atoms with Gasteiger partial charge in [-0.05, 0) is 12.5 Å². The van der Waals surface area contributed by atoms with Gasteiger partial charge in [0.05, 0.1) is 0 Å². The minimum absolute atomic E-state index is 0.0000818. The molecule has 0 aromatic heterocycles. The molecule has 0 aliphatic rings. The lowest BCUT2D eigenvalue weighted by Gasteiger charge is -2.08. The molecule has 1 aromatic rings. The van der Waals surface area contributed by atoms with E-state index < -0.39 is 6.04 Å². The standard InChI is InChI=1S/C12H15NO3/c1-10(14)7-8-12(13(15)16)9-11-5-3-2-4-6-11/h2-6,12H,7-9H2,1H3. The SMILES string of the molecule is CC(=O)CCC(Cc1ccccc1)[N+](=O)[O-]. The third kappa shape index (κ3) is 4.21. The molecular formula is C12H15NO3. The van der Waals surface area contributed by atoms with Crippen molar-refractivity contribution in [2.24, 2.45) is 0 Å². The molecule has 0 amide bonds. The summed E-state index contributed by atoms with van der Waals surface area (Å²) in [6, 6.07) is 8.66. The number of rotatable bonds is 6. The molecule has 1 unspecified atom stereocenters. The van der Waals surface area contributed by atoms with Gasteiger partial charge in [-0.1, -0.05) is 30.3 Å². The molecule has 0 bridgehead atoms. The Kier molecular flexibility index (Phi) is 4.64. The highest BCUT2D eigenvalue weighted by molar-refractivity contribution is 5.75. The third-order valence-corrected chi connectivity index (χ3v) is 2.44. The second kappa shape index (κ2) is 6.00. The Morgan fingerprint density at radius 2 is 2.00 bits per heavy atom. The number of hydrogen-bond donors (Lipinski definition) is 0. The van der Waals surface area contributed by atoms with Gasteiger partial charge in [-0.15, -0.1) is 0 Å². The maximum absolute atomic E-state index is 10.8. The molecular weight excluding hydrogens is 206 g/mol. The lowest BCUT2D eigenvalue weighted by molar-refractivity contribution is -0.522. The summed E-state index contributed by atoms with van der Waals surface area (Å²) >= 11 is 0. The van der Waals surface area contributed by atoms with Crippen molar-refractivity contribution in [2.75, 3.05) is 0 Å². The number of ketones is 1. The fraction of sp³-hybridized carbons (Fsp3) is 0.417. The van der Waals surface area contributed by atoms with Crippen LogP contribution in [-0.4, -0.2) is 16.7 Å². The Hall–Kier alpha value is -1.71. The van der Waals surface area contributed by atoms with Gasteiger partial charge in [0.25, 0.3) is 0 Å². The molecule has 16 heavy (non-hydrogen) atoms. The summed E-state index contributed by atoms with van der Waals surface area (Å²) in [5, 5.41) is 10.8. The second-order valence-corrected chi connectivity index (χ2v) is 3.87. The van der Waals surface area contributed by atoms with E-state index in [-0.39, 0.29) is 17.1 Å². The number of nitrogens with zero attached hydrogens (tertiary/aromatic N) is 1. The molecule has 0 spiro atoms. The van der Waals surface area contributed by atoms with Crippen molar-refractivity contribution in [3.63, 3.8) is 0 Å². The largest absolute Gasteiger partial charge is 0.300 e. The lowest BCUT2D eigenvalue weighted by atomic mass is 10.0. The summed E-state index contributed by atoms with van der Waals surface area (Å²) in [7, 11) is 0. The number of nitro groups is 1. The molecule has 1 rings (SSSR count). The molecule has 4 nitrogen and oxygen atoms in total. The third-order valence-electron chi connectivity index (χ3n) is 2.44. The van der Waals surface area contributed by atoms with E-state index in [2.05, 4.69) is 0 Å². The average Bonchev–Trinajstić information content (AvgIpc) is 2.25. The Bertz CT molecular complexity index is 362. The zero-order chi connectivity index (χ0) is 12.0. The molecule has 0 saturated carbocycles. The molecule has 0 aliphatic heterocycles. The summed E-state index contributed by atoms with van der Waals surface area (Å²) in [5.41, 5.74) is 0.938. The van der Waals surface area contributed by atoms with Crippen LogP contribution in [0.2, 0.25) is 0 Å². The van der Waals surface area contributed by atoms with Crippen LogP contribution < -0.4 is 0 Å². The first-order valence-electron chi connectivity index (χ1n) is 5.26. The smallest absolute Gasteiger partial charge is 0.217 e. The first-order valence-corrected chi connectivity index (χ1v) is 5.26. The van der Waals surface area contributed by atoms with Crippen LogP contribution in [0.1, 0.15) is 25.3 Å². The van der Waals surface area contributed by atoms with E-state index in [1.54, 1.807) is 0 Å². The summed E-state index contributed by atoms with van der Waals surface area (Å²) in [6.07, 6.45) is 0.983. The van der Waals surface area contributed by atoms with Gasteiger partial charge < -0.3 is 4.79 Å². The van der Waals surface area contributed by atoms with Crippen LogP contribution >= 0.6 is 0 Å². The fourth-order valence-corrected chi connectivity index (χ4v) is 1.54. The zero-order valence-corrected chi connectivity index (χ0v) is 9.26. The molecule has 1 aromatic carbocycles. The number of carbonyl (C=O) groups is 1. The number of hydrogen-bond acceptors (Lipinski definition) is 3. The van der Waals surface area contributed by atoms with Crippen molar-refractivity contribution >= 4 is 5.78 Å². The molecule has 0 saturated heterocycles. The molecule has 0 heterocycles. The highest BCUT2D eigenvalue weighted by Crippen LogP contribution is 2.10. The van der Waals surface area contributed by atoms with Crippen LogP contribution in [-0.2, 0) is 11.2 Å². The second-order valence-electron chi connectivity index (χ2n) is 3.87. The van der Waals surface area contributed by atoms with Crippen molar-refractivity contribution in [2.45, 2.75) is 32.2 Å². The topological polar surface area (TPSA) is 60.2 Å². The first kappa shape index (κ1) is 12.4. The van der Waals surface area contributed by atoms with Gasteiger partial charge in [-0.2, -0.15) is 0 Å². The molecule has 0 aliphatic carbocycles. The van der Waals surface area contributed by atoms with Crippen LogP contribution in [0.4, 0.5) is 0 Å². The van der Waals surface area contributed by atoms with Crippen LogP contribution in [0.15, 0.2) is 30.3 Å². The summed E-state index contributed by atoms with van der Waals surface area (Å²) in [5.74, 6) is -0.0000818. The van der Waals surface area contributed by atoms with Gasteiger partial charge in [-0.25, -0.2) is 0 Å².